The number of fused-ring (bicyclic) bond motifs is 3. The molecule has 122 valence electrons. The van der Waals surface area contributed by atoms with Gasteiger partial charge in [-0.3, -0.25) is 0 Å². The van der Waals surface area contributed by atoms with Crippen LogP contribution in [0.5, 0.6) is 0 Å². The van der Waals surface area contributed by atoms with Crippen molar-refractivity contribution in [3.8, 4) is 0 Å². The molecule has 1 aliphatic rings. The Morgan fingerprint density at radius 2 is 1.56 bits per heavy atom. The van der Waals surface area contributed by atoms with Crippen LogP contribution in [0.4, 0.5) is 5.69 Å². The van der Waals surface area contributed by atoms with Crippen LogP contribution in [-0.2, 0) is 0 Å². The van der Waals surface area contributed by atoms with Gasteiger partial charge in [0.05, 0.1) is 12.4 Å². The number of furan rings is 1. The minimum atomic E-state index is 0.845. The second-order valence-electron chi connectivity index (χ2n) is 6.47. The Morgan fingerprint density at radius 1 is 0.800 bits per heavy atom. The molecular formula is C22H18N2O. The van der Waals surface area contributed by atoms with Crippen molar-refractivity contribution in [1.82, 2.24) is 4.90 Å². The third-order valence-corrected chi connectivity index (χ3v) is 4.82. The first-order chi connectivity index (χ1) is 12.3. The molecular weight excluding hydrogens is 308 g/mol. The van der Waals surface area contributed by atoms with E-state index in [4.69, 9.17) is 4.42 Å². The zero-order valence-electron chi connectivity index (χ0n) is 14.0. The Balaban J connectivity index is 1.59. The van der Waals surface area contributed by atoms with Crippen LogP contribution < -0.4 is 4.90 Å². The maximum absolute atomic E-state index is 6.04. The molecule has 0 radical (unpaired) electrons. The Hall–Kier alpha value is -3.20. The van der Waals surface area contributed by atoms with Crippen molar-refractivity contribution in [1.29, 1.82) is 0 Å². The van der Waals surface area contributed by atoms with Crippen LogP contribution >= 0.6 is 0 Å². The van der Waals surface area contributed by atoms with E-state index < -0.39 is 0 Å². The molecule has 0 spiro atoms. The van der Waals surface area contributed by atoms with Gasteiger partial charge in [0, 0.05) is 35.3 Å². The summed E-state index contributed by atoms with van der Waals surface area (Å²) in [5.41, 5.74) is 5.45. The van der Waals surface area contributed by atoms with Gasteiger partial charge in [-0.15, -0.1) is 0 Å². The smallest absolute Gasteiger partial charge is 0.136 e. The van der Waals surface area contributed by atoms with Crippen molar-refractivity contribution < 1.29 is 4.42 Å². The minimum absolute atomic E-state index is 0.845. The first kappa shape index (κ1) is 14.2. The number of hydrogen-bond acceptors (Lipinski definition) is 3. The monoisotopic (exact) mass is 326 g/mol. The lowest BCUT2D eigenvalue weighted by molar-refractivity contribution is 0.516. The van der Waals surface area contributed by atoms with Crippen molar-refractivity contribution in [2.45, 2.75) is 0 Å². The van der Waals surface area contributed by atoms with Crippen LogP contribution in [0.3, 0.4) is 0 Å². The van der Waals surface area contributed by atoms with Gasteiger partial charge in [-0.25, -0.2) is 0 Å². The van der Waals surface area contributed by atoms with Gasteiger partial charge in [0.1, 0.15) is 11.2 Å². The molecule has 0 fully saturated rings. The summed E-state index contributed by atoms with van der Waals surface area (Å²) in [5, 5.41) is 2.34. The third-order valence-electron chi connectivity index (χ3n) is 4.82. The third kappa shape index (κ3) is 2.28. The second-order valence-corrected chi connectivity index (χ2v) is 6.47. The quantitative estimate of drug-likeness (QED) is 0.499. The Bertz CT molecular complexity index is 1090. The van der Waals surface area contributed by atoms with E-state index >= 15 is 0 Å². The Kier molecular flexibility index (Phi) is 3.07. The van der Waals surface area contributed by atoms with Crippen molar-refractivity contribution in [3.63, 3.8) is 0 Å². The largest absolute Gasteiger partial charge is 0.456 e. The van der Waals surface area contributed by atoms with E-state index in [1.54, 1.807) is 0 Å². The minimum Gasteiger partial charge on any atom is -0.456 e. The van der Waals surface area contributed by atoms with Crippen molar-refractivity contribution >= 4 is 33.3 Å². The lowest BCUT2D eigenvalue weighted by atomic mass is 10.1. The summed E-state index contributed by atoms with van der Waals surface area (Å²) in [6.45, 7) is 0.845. The van der Waals surface area contributed by atoms with Crippen LogP contribution in [0, 0.1) is 0 Å². The summed E-state index contributed by atoms with van der Waals surface area (Å²) in [6, 6.07) is 25.1. The number of nitrogens with zero attached hydrogens (tertiary/aromatic N) is 2. The highest BCUT2D eigenvalue weighted by Crippen LogP contribution is 2.33. The molecule has 0 unspecified atom stereocenters. The molecule has 3 heteroatoms. The van der Waals surface area contributed by atoms with E-state index in [-0.39, 0.29) is 0 Å². The van der Waals surface area contributed by atoms with E-state index in [9.17, 15) is 0 Å². The fourth-order valence-electron chi connectivity index (χ4n) is 3.55. The van der Waals surface area contributed by atoms with Gasteiger partial charge in [-0.05, 0) is 30.3 Å². The van der Waals surface area contributed by atoms with Gasteiger partial charge >= 0.3 is 0 Å². The first-order valence-corrected chi connectivity index (χ1v) is 8.46. The predicted octanol–water partition coefficient (Wildman–Crippen LogP) is 5.29. The van der Waals surface area contributed by atoms with E-state index in [0.717, 1.165) is 17.8 Å². The highest BCUT2D eigenvalue weighted by atomic mass is 16.3. The molecule has 0 aliphatic carbocycles. The first-order valence-electron chi connectivity index (χ1n) is 8.46. The normalized spacial score (nSPS) is 14.5. The molecule has 25 heavy (non-hydrogen) atoms. The van der Waals surface area contributed by atoms with E-state index in [0.29, 0.717) is 0 Å². The fraction of sp³-hybridized carbons (Fsp3) is 0.0909. The summed E-state index contributed by atoms with van der Waals surface area (Å²) in [4.78, 5) is 4.52. The van der Waals surface area contributed by atoms with Gasteiger partial charge in [0.25, 0.3) is 0 Å². The molecule has 0 saturated carbocycles. The topological polar surface area (TPSA) is 19.6 Å². The van der Waals surface area contributed by atoms with Crippen LogP contribution in [-0.4, -0.2) is 18.6 Å². The number of hydrogen-bond donors (Lipinski definition) is 0. The zero-order chi connectivity index (χ0) is 16.8. The lowest BCUT2D eigenvalue weighted by Crippen LogP contribution is -2.22. The lowest BCUT2D eigenvalue weighted by Gasteiger charge is -2.19. The van der Waals surface area contributed by atoms with Gasteiger partial charge < -0.3 is 14.2 Å². The van der Waals surface area contributed by atoms with Crippen molar-refractivity contribution in [3.05, 3.63) is 84.6 Å². The maximum atomic E-state index is 6.04. The average molecular weight is 326 g/mol. The molecule has 0 atom stereocenters. The molecule has 4 aromatic rings. The van der Waals surface area contributed by atoms with Crippen LogP contribution in [0.1, 0.15) is 5.56 Å². The van der Waals surface area contributed by atoms with Crippen LogP contribution in [0.25, 0.3) is 27.6 Å². The van der Waals surface area contributed by atoms with Gasteiger partial charge in [0.2, 0.25) is 0 Å². The molecule has 1 aliphatic heterocycles. The Morgan fingerprint density at radius 3 is 2.44 bits per heavy atom. The van der Waals surface area contributed by atoms with Gasteiger partial charge in [-0.1, -0.05) is 42.5 Å². The molecule has 0 N–H and O–H groups in total. The average Bonchev–Trinajstić information content (AvgIpc) is 3.22. The maximum Gasteiger partial charge on any atom is 0.136 e. The molecule has 3 nitrogen and oxygen atoms in total. The fourth-order valence-corrected chi connectivity index (χ4v) is 3.55. The van der Waals surface area contributed by atoms with Crippen LogP contribution in [0.2, 0.25) is 0 Å². The van der Waals surface area contributed by atoms with Gasteiger partial charge in [0.15, 0.2) is 0 Å². The highest BCUT2D eigenvalue weighted by molar-refractivity contribution is 6.05. The Labute approximate surface area is 146 Å². The predicted molar refractivity (Wildman–Crippen MR) is 103 cm³/mol. The summed E-state index contributed by atoms with van der Waals surface area (Å²) in [5.74, 6) is 0. The number of benzene rings is 3. The highest BCUT2D eigenvalue weighted by Gasteiger charge is 2.20. The number of para-hydroxylation sites is 2. The van der Waals surface area contributed by atoms with Crippen molar-refractivity contribution in [2.75, 3.05) is 18.6 Å². The second kappa shape index (κ2) is 5.42. The standard InChI is InChI=1S/C22H18N2O/c1-23-15-24(17-7-3-2-4-8-17)14-20(23)16-11-12-19-18-9-5-6-10-21(18)25-22(19)13-16/h2-14H,15H2,1H3. The van der Waals surface area contributed by atoms with E-state index in [2.05, 4.69) is 77.6 Å². The SMILES string of the molecule is CN1CN(c2ccccc2)C=C1c1ccc2c(c1)oc1ccccc12. The summed E-state index contributed by atoms with van der Waals surface area (Å²) < 4.78 is 6.04. The van der Waals surface area contributed by atoms with Gasteiger partial charge in [-0.2, -0.15) is 0 Å². The van der Waals surface area contributed by atoms with E-state index in [1.807, 2.05) is 18.2 Å². The summed E-state index contributed by atoms with van der Waals surface area (Å²) >= 11 is 0. The molecule has 0 bridgehead atoms. The molecule has 0 saturated heterocycles. The molecule has 3 aromatic carbocycles. The van der Waals surface area contributed by atoms with Crippen LogP contribution in [0.15, 0.2) is 83.4 Å². The summed E-state index contributed by atoms with van der Waals surface area (Å²) in [6.07, 6.45) is 2.21. The van der Waals surface area contributed by atoms with Crippen molar-refractivity contribution in [2.24, 2.45) is 0 Å². The summed E-state index contributed by atoms with van der Waals surface area (Å²) in [7, 11) is 2.12. The molecule has 5 rings (SSSR count). The molecule has 2 heterocycles. The zero-order valence-corrected chi connectivity index (χ0v) is 14.0. The number of anilines is 1. The molecule has 0 amide bonds. The van der Waals surface area contributed by atoms with E-state index in [1.165, 1.54) is 27.7 Å². The number of rotatable bonds is 2. The molecule has 1 aromatic heterocycles.